The molecular formula is C27H27NO5S. The summed E-state index contributed by atoms with van der Waals surface area (Å²) in [4.78, 5) is 26.5. The van der Waals surface area contributed by atoms with Crippen molar-refractivity contribution in [3.05, 3.63) is 95.1 Å². The van der Waals surface area contributed by atoms with Crippen LogP contribution in [0.2, 0.25) is 0 Å². The Morgan fingerprint density at radius 3 is 2.21 bits per heavy atom. The summed E-state index contributed by atoms with van der Waals surface area (Å²) in [5, 5.41) is 0. The number of fused-ring (bicyclic) bond motifs is 1. The normalized spacial score (nSPS) is 17.3. The zero-order valence-corrected chi connectivity index (χ0v) is 20.2. The summed E-state index contributed by atoms with van der Waals surface area (Å²) in [7, 11) is -4.07. The molecule has 1 aliphatic rings. The number of hydrogen-bond donors (Lipinski definition) is 0. The Morgan fingerprint density at radius 1 is 0.912 bits per heavy atom. The van der Waals surface area contributed by atoms with Gasteiger partial charge in [0.2, 0.25) is 0 Å². The van der Waals surface area contributed by atoms with Gasteiger partial charge in [0, 0.05) is 5.56 Å². The van der Waals surface area contributed by atoms with Crippen LogP contribution in [0.5, 0.6) is 0 Å². The lowest BCUT2D eigenvalue weighted by Crippen LogP contribution is -2.42. The number of rotatable bonds is 7. The van der Waals surface area contributed by atoms with Crippen molar-refractivity contribution in [1.29, 1.82) is 0 Å². The molecule has 0 N–H and O–H groups in total. The lowest BCUT2D eigenvalue weighted by atomic mass is 9.85. The second kappa shape index (κ2) is 9.43. The zero-order chi connectivity index (χ0) is 24.5. The van der Waals surface area contributed by atoms with Gasteiger partial charge < -0.3 is 4.74 Å². The van der Waals surface area contributed by atoms with Crippen LogP contribution >= 0.6 is 0 Å². The van der Waals surface area contributed by atoms with E-state index < -0.39 is 28.0 Å². The first kappa shape index (κ1) is 23.7. The highest BCUT2D eigenvalue weighted by molar-refractivity contribution is 7.92. The third kappa shape index (κ3) is 4.35. The lowest BCUT2D eigenvalue weighted by Gasteiger charge is -2.29. The lowest BCUT2D eigenvalue weighted by molar-refractivity contribution is -0.143. The van der Waals surface area contributed by atoms with E-state index in [0.29, 0.717) is 16.8 Å². The maximum Gasteiger partial charge on any atom is 0.307 e. The average Bonchev–Trinajstić information content (AvgIpc) is 3.12. The highest BCUT2D eigenvalue weighted by Crippen LogP contribution is 2.47. The maximum absolute atomic E-state index is 13.9. The molecule has 6 nitrogen and oxygen atoms in total. The fourth-order valence-corrected chi connectivity index (χ4v) is 6.15. The fourth-order valence-electron chi connectivity index (χ4n) is 4.47. The monoisotopic (exact) mass is 477 g/mol. The first-order valence-electron chi connectivity index (χ1n) is 11.2. The number of anilines is 1. The number of esters is 1. The van der Waals surface area contributed by atoms with E-state index in [-0.39, 0.29) is 23.7 Å². The molecule has 2 atom stereocenters. The summed E-state index contributed by atoms with van der Waals surface area (Å²) in [5.74, 6) is -1.63. The summed E-state index contributed by atoms with van der Waals surface area (Å²) in [6, 6.07) is 19.7. The SMILES string of the molecule is CCOC(=O)C[C@H]1[C@H](C(=O)c2ccccc2)c2cc(C)ccc2N1S(=O)(=O)c1ccc(C)cc1. The molecule has 34 heavy (non-hydrogen) atoms. The van der Waals surface area contributed by atoms with Gasteiger partial charge in [0.15, 0.2) is 5.78 Å². The second-order valence-corrected chi connectivity index (χ2v) is 10.3. The Bertz CT molecular complexity index is 1320. The van der Waals surface area contributed by atoms with E-state index in [1.807, 2.05) is 32.0 Å². The first-order chi connectivity index (χ1) is 16.2. The number of carbonyl (C=O) groups is 2. The van der Waals surface area contributed by atoms with Gasteiger partial charge in [0.1, 0.15) is 0 Å². The van der Waals surface area contributed by atoms with Gasteiger partial charge in [-0.05, 0) is 44.5 Å². The summed E-state index contributed by atoms with van der Waals surface area (Å²) in [6.45, 7) is 5.63. The highest BCUT2D eigenvalue weighted by Gasteiger charge is 2.49. The number of hydrogen-bond acceptors (Lipinski definition) is 5. The summed E-state index contributed by atoms with van der Waals surface area (Å²) in [5.41, 5.74) is 3.29. The third-order valence-corrected chi connectivity index (χ3v) is 7.89. The van der Waals surface area contributed by atoms with Gasteiger partial charge in [0.25, 0.3) is 10.0 Å². The van der Waals surface area contributed by atoms with Gasteiger partial charge in [-0.3, -0.25) is 13.9 Å². The van der Waals surface area contributed by atoms with E-state index in [2.05, 4.69) is 0 Å². The number of sulfonamides is 1. The van der Waals surface area contributed by atoms with Crippen molar-refractivity contribution in [2.75, 3.05) is 10.9 Å². The predicted molar refractivity (Wildman–Crippen MR) is 131 cm³/mol. The maximum atomic E-state index is 13.9. The molecule has 0 aromatic heterocycles. The number of Topliss-reactive ketones (excluding diaryl/α,β-unsaturated/α-hetero) is 1. The van der Waals surface area contributed by atoms with Gasteiger partial charge in [0.05, 0.1) is 35.6 Å². The topological polar surface area (TPSA) is 80.8 Å². The molecule has 7 heteroatoms. The second-order valence-electron chi connectivity index (χ2n) is 8.46. The molecule has 0 amide bonds. The van der Waals surface area contributed by atoms with E-state index >= 15 is 0 Å². The van der Waals surface area contributed by atoms with Gasteiger partial charge in [-0.2, -0.15) is 0 Å². The summed E-state index contributed by atoms with van der Waals surface area (Å²) in [6.07, 6.45) is -0.240. The average molecular weight is 478 g/mol. The molecule has 1 aliphatic heterocycles. The van der Waals surface area contributed by atoms with Crippen LogP contribution in [0.1, 0.15) is 46.3 Å². The van der Waals surface area contributed by atoms with Crippen molar-refractivity contribution in [1.82, 2.24) is 0 Å². The molecule has 0 fully saturated rings. The van der Waals surface area contributed by atoms with E-state index in [9.17, 15) is 18.0 Å². The van der Waals surface area contributed by atoms with Crippen molar-refractivity contribution < 1.29 is 22.7 Å². The molecule has 0 unspecified atom stereocenters. The minimum absolute atomic E-state index is 0.103. The molecular weight excluding hydrogens is 450 g/mol. The Hall–Kier alpha value is -3.45. The van der Waals surface area contributed by atoms with Crippen molar-refractivity contribution in [3.63, 3.8) is 0 Å². The summed E-state index contributed by atoms with van der Waals surface area (Å²) < 4.78 is 34.2. The Balaban J connectivity index is 1.91. The molecule has 0 saturated carbocycles. The molecule has 1 heterocycles. The van der Waals surface area contributed by atoms with Gasteiger partial charge in [-0.1, -0.05) is 65.7 Å². The van der Waals surface area contributed by atoms with Crippen LogP contribution in [0.4, 0.5) is 5.69 Å². The third-order valence-electron chi connectivity index (χ3n) is 6.04. The van der Waals surface area contributed by atoms with E-state index in [4.69, 9.17) is 4.74 Å². The minimum Gasteiger partial charge on any atom is -0.466 e. The van der Waals surface area contributed by atoms with E-state index in [0.717, 1.165) is 11.1 Å². The van der Waals surface area contributed by atoms with Crippen LogP contribution in [0, 0.1) is 13.8 Å². The number of ether oxygens (including phenoxy) is 1. The largest absolute Gasteiger partial charge is 0.466 e. The van der Waals surface area contributed by atoms with Crippen molar-refractivity contribution in [2.45, 2.75) is 44.0 Å². The molecule has 0 saturated heterocycles. The van der Waals surface area contributed by atoms with Crippen molar-refractivity contribution >= 4 is 27.5 Å². The zero-order valence-electron chi connectivity index (χ0n) is 19.4. The molecule has 4 rings (SSSR count). The van der Waals surface area contributed by atoms with E-state index in [1.165, 1.54) is 4.31 Å². The van der Waals surface area contributed by atoms with Gasteiger partial charge in [-0.15, -0.1) is 0 Å². The molecule has 0 spiro atoms. The first-order valence-corrected chi connectivity index (χ1v) is 12.6. The van der Waals surface area contributed by atoms with Crippen molar-refractivity contribution in [2.24, 2.45) is 0 Å². The smallest absolute Gasteiger partial charge is 0.307 e. The van der Waals surface area contributed by atoms with Crippen LogP contribution in [0.25, 0.3) is 0 Å². The van der Waals surface area contributed by atoms with Crippen LogP contribution in [0.3, 0.4) is 0 Å². The van der Waals surface area contributed by atoms with Crippen LogP contribution in [0.15, 0.2) is 77.7 Å². The molecule has 0 radical (unpaired) electrons. The highest BCUT2D eigenvalue weighted by atomic mass is 32.2. The van der Waals surface area contributed by atoms with Gasteiger partial charge >= 0.3 is 5.97 Å². The number of benzene rings is 3. The summed E-state index contributed by atoms with van der Waals surface area (Å²) >= 11 is 0. The number of nitrogens with zero attached hydrogens (tertiary/aromatic N) is 1. The quantitative estimate of drug-likeness (QED) is 0.361. The van der Waals surface area contributed by atoms with Gasteiger partial charge in [-0.25, -0.2) is 8.42 Å². The number of ketones is 1. The standard InChI is InChI=1S/C27H27NO5S/c1-4-33-25(29)17-24-26(27(30)20-8-6-5-7-9-20)22-16-19(3)12-15-23(22)28(24)34(31,32)21-13-10-18(2)11-14-21/h5-16,24,26H,4,17H2,1-3H3/t24-,26+/m0/s1. The Labute approximate surface area is 200 Å². The molecule has 0 bridgehead atoms. The molecule has 3 aromatic rings. The molecule has 0 aliphatic carbocycles. The van der Waals surface area contributed by atoms with Crippen LogP contribution in [-0.4, -0.2) is 32.8 Å². The number of aryl methyl sites for hydroxylation is 2. The van der Waals surface area contributed by atoms with Crippen LogP contribution in [-0.2, 0) is 19.6 Å². The Kier molecular flexibility index (Phi) is 6.57. The van der Waals surface area contributed by atoms with Crippen molar-refractivity contribution in [3.8, 4) is 0 Å². The van der Waals surface area contributed by atoms with Crippen LogP contribution < -0.4 is 4.31 Å². The fraction of sp³-hybridized carbons (Fsp3) is 0.259. The van der Waals surface area contributed by atoms with E-state index in [1.54, 1.807) is 61.5 Å². The molecule has 176 valence electrons. The predicted octanol–water partition coefficient (Wildman–Crippen LogP) is 4.80. The molecule has 3 aromatic carbocycles. The minimum atomic E-state index is -4.07. The Morgan fingerprint density at radius 2 is 1.56 bits per heavy atom. The number of carbonyl (C=O) groups excluding carboxylic acids is 2.